The van der Waals surface area contributed by atoms with E-state index < -0.39 is 17.3 Å². The van der Waals surface area contributed by atoms with Crippen LogP contribution in [0, 0.1) is 11.3 Å². The average molecular weight is 517 g/mol. The van der Waals surface area contributed by atoms with Crippen LogP contribution in [0.15, 0.2) is 48.7 Å². The summed E-state index contributed by atoms with van der Waals surface area (Å²) in [6.45, 7) is 1.78. The summed E-state index contributed by atoms with van der Waals surface area (Å²) in [5, 5.41) is 10.7. The molecule has 0 aliphatic heterocycles. The number of ketones is 1. The number of amides is 1. The first-order valence-corrected chi connectivity index (χ1v) is 11.3. The minimum absolute atomic E-state index is 0.0159. The third-order valence-electron chi connectivity index (χ3n) is 4.85. The molecule has 35 heavy (non-hydrogen) atoms. The van der Waals surface area contributed by atoms with Crippen LogP contribution in [-0.4, -0.2) is 59.2 Å². The van der Waals surface area contributed by atoms with Crippen LogP contribution in [0.25, 0.3) is 11.0 Å². The molecule has 1 unspecified atom stereocenters. The molecule has 1 aromatic heterocycles. The van der Waals surface area contributed by atoms with Crippen molar-refractivity contribution >= 4 is 45.9 Å². The molecule has 9 nitrogen and oxygen atoms in total. The molecule has 11 heteroatoms. The Labute approximate surface area is 212 Å². The fourth-order valence-electron chi connectivity index (χ4n) is 3.06. The minimum atomic E-state index is -2.49. The summed E-state index contributed by atoms with van der Waals surface area (Å²) >= 11 is 12.1. The smallest absolute Gasteiger partial charge is 0.330 e. The quantitative estimate of drug-likeness (QED) is 0.276. The number of hydrogen-bond donors (Lipinski definition) is 0. The van der Waals surface area contributed by atoms with Gasteiger partial charge < -0.3 is 19.1 Å². The summed E-state index contributed by atoms with van der Waals surface area (Å²) in [6.07, 6.45) is 1.06. The van der Waals surface area contributed by atoms with Crippen LogP contribution in [0.1, 0.15) is 13.3 Å². The van der Waals surface area contributed by atoms with E-state index in [9.17, 15) is 14.9 Å². The third-order valence-corrected chi connectivity index (χ3v) is 5.40. The average Bonchev–Trinajstić information content (AvgIpc) is 2.86. The Hall–Kier alpha value is -3.45. The van der Waals surface area contributed by atoms with Gasteiger partial charge in [0.2, 0.25) is 11.7 Å². The number of benzene rings is 2. The summed E-state index contributed by atoms with van der Waals surface area (Å²) in [5.41, 5.74) is -1.36. The number of para-hydroxylation sites is 1. The number of carbonyl (C=O) groups is 2. The van der Waals surface area contributed by atoms with Gasteiger partial charge in [-0.05, 0) is 37.3 Å². The monoisotopic (exact) mass is 516 g/mol. The number of likely N-dealkylation sites (N-methyl/N-ethyl adjacent to an activating group) is 1. The van der Waals surface area contributed by atoms with E-state index in [1.54, 1.807) is 43.3 Å². The molecule has 1 amide bonds. The highest BCUT2D eigenvalue weighted by molar-refractivity contribution is 6.32. The molecule has 0 aliphatic rings. The Morgan fingerprint density at radius 1 is 1.17 bits per heavy atom. The zero-order chi connectivity index (χ0) is 25.4. The molecule has 3 rings (SSSR count). The lowest BCUT2D eigenvalue weighted by Crippen LogP contribution is -2.57. The second-order valence-electron chi connectivity index (χ2n) is 7.31. The number of nitriles is 1. The number of fused-ring (bicyclic) bond motifs is 1. The minimum Gasteiger partial charge on any atom is -0.476 e. The van der Waals surface area contributed by atoms with Crippen molar-refractivity contribution in [3.05, 3.63) is 58.7 Å². The molecule has 2 aromatic carbocycles. The second kappa shape index (κ2) is 11.8. The Morgan fingerprint density at radius 3 is 2.66 bits per heavy atom. The fraction of sp³-hybridized carbons (Fsp3) is 0.292. The number of nitrogens with zero attached hydrogens (tertiary/aromatic N) is 4. The van der Waals surface area contributed by atoms with Gasteiger partial charge >= 0.3 is 5.60 Å². The molecule has 0 saturated heterocycles. The number of ether oxygens (including phenoxy) is 3. The van der Waals surface area contributed by atoms with Crippen LogP contribution in [0.3, 0.4) is 0 Å². The normalized spacial score (nSPS) is 12.4. The molecule has 0 bridgehead atoms. The number of hydrogen-bond acceptors (Lipinski definition) is 8. The van der Waals surface area contributed by atoms with E-state index >= 15 is 0 Å². The Morgan fingerprint density at radius 2 is 1.94 bits per heavy atom. The van der Waals surface area contributed by atoms with Gasteiger partial charge in [-0.15, -0.1) is 0 Å². The molecule has 182 valence electrons. The molecule has 1 heterocycles. The number of rotatable bonds is 11. The lowest BCUT2D eigenvalue weighted by Gasteiger charge is -2.29. The summed E-state index contributed by atoms with van der Waals surface area (Å²) in [5.74, 6) is -1.52. The van der Waals surface area contributed by atoms with Crippen molar-refractivity contribution < 1.29 is 23.8 Å². The standard InChI is InChI=1S/C24H22Cl2N4O5/c1-3-33-15-30(2)23(32)24(14-27,35-20-7-5-4-6-17(20)26)21(31)10-11-34-22-13-28-19-12-16(25)8-9-18(19)29-22/h4-9,12-13H,3,10-11,15H2,1-2H3. The molecule has 0 radical (unpaired) electrons. The van der Waals surface area contributed by atoms with Gasteiger partial charge in [-0.2, -0.15) is 5.26 Å². The molecule has 0 saturated carbocycles. The van der Waals surface area contributed by atoms with E-state index in [4.69, 9.17) is 37.4 Å². The summed E-state index contributed by atoms with van der Waals surface area (Å²) in [7, 11) is 1.40. The first-order chi connectivity index (χ1) is 16.8. The molecule has 0 spiro atoms. The van der Waals surface area contributed by atoms with Crippen molar-refractivity contribution in [2.45, 2.75) is 18.9 Å². The summed E-state index contributed by atoms with van der Waals surface area (Å²) in [6, 6.07) is 13.0. The molecule has 0 N–H and O–H groups in total. The van der Waals surface area contributed by atoms with Crippen molar-refractivity contribution in [3.63, 3.8) is 0 Å². The van der Waals surface area contributed by atoms with E-state index in [0.717, 1.165) is 4.90 Å². The first kappa shape index (κ1) is 26.2. The van der Waals surface area contributed by atoms with Gasteiger partial charge in [-0.1, -0.05) is 35.3 Å². The van der Waals surface area contributed by atoms with Gasteiger partial charge in [0.05, 0.1) is 28.9 Å². The van der Waals surface area contributed by atoms with Crippen LogP contribution in [0.5, 0.6) is 11.6 Å². The van der Waals surface area contributed by atoms with Gasteiger partial charge in [-0.3, -0.25) is 9.59 Å². The zero-order valence-corrected chi connectivity index (χ0v) is 20.5. The number of aromatic nitrogens is 2. The number of halogens is 2. The van der Waals surface area contributed by atoms with E-state index in [0.29, 0.717) is 22.7 Å². The second-order valence-corrected chi connectivity index (χ2v) is 8.16. The highest BCUT2D eigenvalue weighted by Crippen LogP contribution is 2.29. The molecule has 3 aromatic rings. The summed E-state index contributed by atoms with van der Waals surface area (Å²) < 4.78 is 16.5. The van der Waals surface area contributed by atoms with E-state index in [2.05, 4.69) is 9.97 Å². The van der Waals surface area contributed by atoms with Crippen molar-refractivity contribution in [1.29, 1.82) is 5.26 Å². The van der Waals surface area contributed by atoms with Gasteiger partial charge in [0, 0.05) is 25.1 Å². The lowest BCUT2D eigenvalue weighted by atomic mass is 9.95. The topological polar surface area (TPSA) is 115 Å². The highest BCUT2D eigenvalue weighted by atomic mass is 35.5. The van der Waals surface area contributed by atoms with Gasteiger partial charge in [0.1, 0.15) is 18.5 Å². The molecule has 0 aliphatic carbocycles. The zero-order valence-electron chi connectivity index (χ0n) is 19.0. The highest BCUT2D eigenvalue weighted by Gasteiger charge is 2.50. The van der Waals surface area contributed by atoms with Crippen LogP contribution in [0.2, 0.25) is 10.0 Å². The largest absolute Gasteiger partial charge is 0.476 e. The molecule has 0 fully saturated rings. The Balaban J connectivity index is 1.80. The number of Topliss-reactive ketones (excluding diaryl/α,β-unsaturated/α-hetero) is 1. The van der Waals surface area contributed by atoms with E-state index in [-0.39, 0.29) is 36.4 Å². The van der Waals surface area contributed by atoms with Crippen molar-refractivity contribution in [3.8, 4) is 17.7 Å². The predicted molar refractivity (Wildman–Crippen MR) is 129 cm³/mol. The van der Waals surface area contributed by atoms with Gasteiger partial charge in [-0.25, -0.2) is 9.97 Å². The van der Waals surface area contributed by atoms with Crippen LogP contribution < -0.4 is 9.47 Å². The van der Waals surface area contributed by atoms with Crippen molar-refractivity contribution in [1.82, 2.24) is 14.9 Å². The Kier molecular flexibility index (Phi) is 8.82. The third kappa shape index (κ3) is 6.17. The van der Waals surface area contributed by atoms with Crippen LogP contribution in [-0.2, 0) is 14.3 Å². The lowest BCUT2D eigenvalue weighted by molar-refractivity contribution is -0.154. The first-order valence-electron chi connectivity index (χ1n) is 10.6. The molecular formula is C24H22Cl2N4O5. The fourth-order valence-corrected chi connectivity index (χ4v) is 3.40. The molecule has 1 atom stereocenters. The van der Waals surface area contributed by atoms with Crippen LogP contribution >= 0.6 is 23.2 Å². The van der Waals surface area contributed by atoms with Crippen molar-refractivity contribution in [2.75, 3.05) is 27.0 Å². The van der Waals surface area contributed by atoms with Gasteiger partial charge in [0.15, 0.2) is 0 Å². The maximum atomic E-state index is 13.3. The van der Waals surface area contributed by atoms with E-state index in [1.165, 1.54) is 25.4 Å². The van der Waals surface area contributed by atoms with E-state index in [1.807, 2.05) is 0 Å². The SMILES string of the molecule is CCOCN(C)C(=O)C(C#N)(Oc1ccccc1Cl)C(=O)CCOc1cnc2cc(Cl)ccc2n1. The van der Waals surface area contributed by atoms with Gasteiger partial charge in [0.25, 0.3) is 5.91 Å². The molecular weight excluding hydrogens is 495 g/mol. The number of carbonyl (C=O) groups excluding carboxylic acids is 2. The maximum Gasteiger partial charge on any atom is 0.330 e. The summed E-state index contributed by atoms with van der Waals surface area (Å²) in [4.78, 5) is 36.1. The van der Waals surface area contributed by atoms with Crippen molar-refractivity contribution in [2.24, 2.45) is 0 Å². The maximum absolute atomic E-state index is 13.3. The predicted octanol–water partition coefficient (Wildman–Crippen LogP) is 4.07. The Bertz CT molecular complexity index is 1270. The van der Waals surface area contributed by atoms with Crippen LogP contribution in [0.4, 0.5) is 0 Å².